The van der Waals surface area contributed by atoms with Crippen molar-refractivity contribution in [2.24, 2.45) is 0 Å². The van der Waals surface area contributed by atoms with Crippen LogP contribution in [0.1, 0.15) is 12.0 Å². The van der Waals surface area contributed by atoms with Crippen molar-refractivity contribution in [2.75, 3.05) is 6.54 Å². The first-order valence-electron chi connectivity index (χ1n) is 5.03. The van der Waals surface area contributed by atoms with Gasteiger partial charge in [-0.1, -0.05) is 15.9 Å². The lowest BCUT2D eigenvalue weighted by Crippen LogP contribution is -2.28. The van der Waals surface area contributed by atoms with E-state index in [2.05, 4.69) is 21.2 Å². The summed E-state index contributed by atoms with van der Waals surface area (Å²) in [6.07, 6.45) is -1.30. The van der Waals surface area contributed by atoms with E-state index in [0.717, 1.165) is 4.47 Å². The van der Waals surface area contributed by atoms with Gasteiger partial charge in [0.2, 0.25) is 0 Å². The summed E-state index contributed by atoms with van der Waals surface area (Å²) in [7, 11) is 0. The maximum absolute atomic E-state index is 13.3. The third kappa shape index (κ3) is 5.25. The van der Waals surface area contributed by atoms with Gasteiger partial charge >= 0.3 is 5.97 Å². The molecule has 0 saturated heterocycles. The van der Waals surface area contributed by atoms with Crippen LogP contribution in [0.5, 0.6) is 0 Å². The Kier molecular flexibility index (Phi) is 5.54. The molecule has 0 amide bonds. The number of hydrogen-bond donors (Lipinski definition) is 3. The van der Waals surface area contributed by atoms with Gasteiger partial charge in [0.05, 0.1) is 12.5 Å². The summed E-state index contributed by atoms with van der Waals surface area (Å²) >= 11 is 3.23. The highest BCUT2D eigenvalue weighted by atomic mass is 79.9. The number of aliphatic hydroxyl groups is 1. The fraction of sp³-hybridized carbons (Fsp3) is 0.364. The molecule has 4 nitrogen and oxygen atoms in total. The summed E-state index contributed by atoms with van der Waals surface area (Å²) in [4.78, 5) is 10.3. The molecule has 17 heavy (non-hydrogen) atoms. The minimum atomic E-state index is -1.06. The van der Waals surface area contributed by atoms with Crippen molar-refractivity contribution >= 4 is 21.9 Å². The lowest BCUT2D eigenvalue weighted by molar-refractivity contribution is -0.139. The Labute approximate surface area is 107 Å². The maximum atomic E-state index is 13.3. The van der Waals surface area contributed by atoms with Gasteiger partial charge in [-0.2, -0.15) is 0 Å². The molecule has 0 radical (unpaired) electrons. The first-order valence-corrected chi connectivity index (χ1v) is 5.83. The van der Waals surface area contributed by atoms with Gasteiger partial charge in [-0.3, -0.25) is 4.79 Å². The number of hydrogen-bond acceptors (Lipinski definition) is 3. The Bertz CT molecular complexity index is 400. The second-order valence-corrected chi connectivity index (χ2v) is 4.53. The van der Waals surface area contributed by atoms with Crippen molar-refractivity contribution in [1.29, 1.82) is 0 Å². The van der Waals surface area contributed by atoms with E-state index in [9.17, 15) is 14.3 Å². The van der Waals surface area contributed by atoms with E-state index in [1.54, 1.807) is 12.1 Å². The minimum Gasteiger partial charge on any atom is -0.481 e. The third-order valence-electron chi connectivity index (χ3n) is 2.11. The van der Waals surface area contributed by atoms with Gasteiger partial charge in [-0.15, -0.1) is 0 Å². The largest absolute Gasteiger partial charge is 0.481 e. The predicted molar refractivity (Wildman–Crippen MR) is 64.1 cm³/mol. The molecule has 3 N–H and O–H groups in total. The van der Waals surface area contributed by atoms with Gasteiger partial charge in [0.25, 0.3) is 0 Å². The smallest absolute Gasteiger partial charge is 0.306 e. The summed E-state index contributed by atoms with van der Waals surface area (Å²) in [5, 5.41) is 20.5. The number of aliphatic hydroxyl groups excluding tert-OH is 1. The Morgan fingerprint density at radius 3 is 2.88 bits per heavy atom. The molecule has 0 spiro atoms. The third-order valence-corrected chi connectivity index (χ3v) is 2.61. The van der Waals surface area contributed by atoms with Crippen LogP contribution in [-0.2, 0) is 11.3 Å². The second kappa shape index (κ2) is 6.68. The molecule has 1 rings (SSSR count). The Hall–Kier alpha value is -0.980. The van der Waals surface area contributed by atoms with Gasteiger partial charge in [0.15, 0.2) is 0 Å². The number of nitrogens with one attached hydrogen (secondary N) is 1. The lowest BCUT2D eigenvalue weighted by atomic mass is 10.2. The molecule has 0 aromatic heterocycles. The topological polar surface area (TPSA) is 69.6 Å². The van der Waals surface area contributed by atoms with Gasteiger partial charge in [-0.05, 0) is 18.2 Å². The molecule has 0 bridgehead atoms. The van der Waals surface area contributed by atoms with Crippen molar-refractivity contribution in [3.8, 4) is 0 Å². The van der Waals surface area contributed by atoms with E-state index < -0.39 is 12.1 Å². The fourth-order valence-corrected chi connectivity index (χ4v) is 1.73. The standard InChI is InChI=1S/C11H13BrFNO3/c12-8-1-2-10(13)7(3-8)5-14-6-9(15)4-11(16)17/h1-3,9,14-15H,4-6H2,(H,16,17). The van der Waals surface area contributed by atoms with Crippen molar-refractivity contribution in [3.05, 3.63) is 34.1 Å². The molecule has 0 saturated carbocycles. The number of halogens is 2. The van der Waals surface area contributed by atoms with Crippen LogP contribution in [0.15, 0.2) is 22.7 Å². The Morgan fingerprint density at radius 2 is 2.24 bits per heavy atom. The number of rotatable bonds is 6. The van der Waals surface area contributed by atoms with Crippen LogP contribution >= 0.6 is 15.9 Å². The van der Waals surface area contributed by atoms with Crippen LogP contribution in [0.2, 0.25) is 0 Å². The zero-order chi connectivity index (χ0) is 12.8. The van der Waals surface area contributed by atoms with E-state index in [0.29, 0.717) is 5.56 Å². The zero-order valence-electron chi connectivity index (χ0n) is 8.99. The molecule has 0 aliphatic heterocycles. The van der Waals surface area contributed by atoms with Crippen LogP contribution in [0.4, 0.5) is 4.39 Å². The van der Waals surface area contributed by atoms with Crippen molar-refractivity contribution < 1.29 is 19.4 Å². The molecular weight excluding hydrogens is 293 g/mol. The van der Waals surface area contributed by atoms with E-state index in [1.807, 2.05) is 0 Å². The highest BCUT2D eigenvalue weighted by molar-refractivity contribution is 9.10. The van der Waals surface area contributed by atoms with E-state index in [4.69, 9.17) is 5.11 Å². The molecule has 1 unspecified atom stereocenters. The number of carboxylic acids is 1. The van der Waals surface area contributed by atoms with E-state index in [-0.39, 0.29) is 25.3 Å². The lowest BCUT2D eigenvalue weighted by Gasteiger charge is -2.10. The summed E-state index contributed by atoms with van der Waals surface area (Å²) < 4.78 is 14.1. The molecule has 0 aliphatic rings. The van der Waals surface area contributed by atoms with Crippen LogP contribution < -0.4 is 5.32 Å². The second-order valence-electron chi connectivity index (χ2n) is 3.62. The fourth-order valence-electron chi connectivity index (χ4n) is 1.33. The first-order chi connectivity index (χ1) is 7.99. The molecule has 94 valence electrons. The summed E-state index contributed by atoms with van der Waals surface area (Å²) in [6.45, 7) is 0.347. The van der Waals surface area contributed by atoms with Crippen molar-refractivity contribution in [1.82, 2.24) is 5.32 Å². The molecular formula is C11H13BrFNO3. The highest BCUT2D eigenvalue weighted by Crippen LogP contribution is 2.15. The first kappa shape index (κ1) is 14.1. The van der Waals surface area contributed by atoms with E-state index in [1.165, 1.54) is 6.07 Å². The number of carboxylic acid groups (broad SMARTS) is 1. The molecule has 1 aromatic carbocycles. The van der Waals surface area contributed by atoms with Crippen molar-refractivity contribution in [2.45, 2.75) is 19.1 Å². The molecule has 1 atom stereocenters. The molecule has 0 heterocycles. The van der Waals surface area contributed by atoms with Gasteiger partial charge in [0, 0.05) is 23.1 Å². The van der Waals surface area contributed by atoms with Crippen molar-refractivity contribution in [3.63, 3.8) is 0 Å². The monoisotopic (exact) mass is 305 g/mol. The quantitative estimate of drug-likeness (QED) is 0.745. The summed E-state index contributed by atoms with van der Waals surface area (Å²) in [5.41, 5.74) is 0.460. The van der Waals surface area contributed by atoms with E-state index >= 15 is 0 Å². The van der Waals surface area contributed by atoms with Gasteiger partial charge in [-0.25, -0.2) is 4.39 Å². The predicted octanol–water partition coefficient (Wildman–Crippen LogP) is 1.51. The van der Waals surface area contributed by atoms with Crippen LogP contribution in [0.3, 0.4) is 0 Å². The number of benzene rings is 1. The van der Waals surface area contributed by atoms with Crippen LogP contribution in [0, 0.1) is 5.82 Å². The normalized spacial score (nSPS) is 12.4. The molecule has 6 heteroatoms. The number of carbonyl (C=O) groups is 1. The van der Waals surface area contributed by atoms with Crippen LogP contribution in [-0.4, -0.2) is 28.8 Å². The molecule has 1 aromatic rings. The Morgan fingerprint density at radius 1 is 1.53 bits per heavy atom. The average Bonchev–Trinajstić information content (AvgIpc) is 2.22. The van der Waals surface area contributed by atoms with Gasteiger partial charge < -0.3 is 15.5 Å². The summed E-state index contributed by atoms with van der Waals surface area (Å²) in [5.74, 6) is -1.40. The highest BCUT2D eigenvalue weighted by Gasteiger charge is 2.09. The van der Waals surface area contributed by atoms with Crippen LogP contribution in [0.25, 0.3) is 0 Å². The zero-order valence-corrected chi connectivity index (χ0v) is 10.6. The number of aliphatic carboxylic acids is 1. The SMILES string of the molecule is O=C(O)CC(O)CNCc1cc(Br)ccc1F. The molecule has 0 aliphatic carbocycles. The molecule has 0 fully saturated rings. The van der Waals surface area contributed by atoms with Gasteiger partial charge in [0.1, 0.15) is 5.82 Å². The average molecular weight is 306 g/mol. The Balaban J connectivity index is 2.40. The minimum absolute atomic E-state index is 0.109. The maximum Gasteiger partial charge on any atom is 0.306 e. The summed E-state index contributed by atoms with van der Waals surface area (Å²) in [6, 6.07) is 4.57.